The van der Waals surface area contributed by atoms with Gasteiger partial charge in [-0.3, -0.25) is 4.21 Å². The second kappa shape index (κ2) is 6.71. The first-order valence-electron chi connectivity index (χ1n) is 7.26. The van der Waals surface area contributed by atoms with Crippen LogP contribution in [-0.2, 0) is 15.8 Å². The van der Waals surface area contributed by atoms with E-state index in [-0.39, 0.29) is 23.6 Å². The number of carbonyl (C=O) groups is 1. The number of carbonyl (C=O) groups excluding carboxylic acids is 1. The monoisotopic (exact) mass is 309 g/mol. The summed E-state index contributed by atoms with van der Waals surface area (Å²) in [5.41, 5.74) is -0.219. The SMILES string of the molecule is CC1CCCC(C)(OC(=O)c2ccccc2)C1CS(=O)[O-]. The first-order valence-corrected chi connectivity index (χ1v) is 8.51. The molecule has 1 aromatic rings. The zero-order valence-electron chi connectivity index (χ0n) is 12.4. The topological polar surface area (TPSA) is 66.4 Å². The van der Waals surface area contributed by atoms with Gasteiger partial charge < -0.3 is 9.29 Å². The molecule has 1 aromatic carbocycles. The summed E-state index contributed by atoms with van der Waals surface area (Å²) in [6, 6.07) is 8.82. The predicted octanol–water partition coefficient (Wildman–Crippen LogP) is 2.92. The van der Waals surface area contributed by atoms with Crippen LogP contribution in [0.5, 0.6) is 0 Å². The van der Waals surface area contributed by atoms with E-state index < -0.39 is 16.7 Å². The van der Waals surface area contributed by atoms with Gasteiger partial charge in [0.15, 0.2) is 0 Å². The Morgan fingerprint density at radius 2 is 2.10 bits per heavy atom. The summed E-state index contributed by atoms with van der Waals surface area (Å²) in [4.78, 5) is 12.3. The van der Waals surface area contributed by atoms with Gasteiger partial charge in [0.2, 0.25) is 0 Å². The van der Waals surface area contributed by atoms with E-state index in [0.717, 1.165) is 12.8 Å². The largest absolute Gasteiger partial charge is 0.772 e. The predicted molar refractivity (Wildman–Crippen MR) is 80.6 cm³/mol. The van der Waals surface area contributed by atoms with E-state index in [1.54, 1.807) is 24.3 Å². The molecule has 0 aliphatic heterocycles. The summed E-state index contributed by atoms with van der Waals surface area (Å²) in [6.45, 7) is 3.90. The zero-order chi connectivity index (χ0) is 15.5. The third-order valence-electron chi connectivity index (χ3n) is 4.45. The Labute approximate surface area is 128 Å². The quantitative estimate of drug-likeness (QED) is 0.633. The molecule has 4 nitrogen and oxygen atoms in total. The average Bonchev–Trinajstić information content (AvgIpc) is 2.44. The molecule has 4 unspecified atom stereocenters. The van der Waals surface area contributed by atoms with Gasteiger partial charge in [-0.05, 0) is 37.8 Å². The highest BCUT2D eigenvalue weighted by Crippen LogP contribution is 2.41. The standard InChI is InChI=1S/C16H22O4S/c1-12-7-6-10-16(2,14(12)11-21(18)19)20-15(17)13-8-4-3-5-9-13/h3-5,8-9,12,14H,6-7,10-11H2,1-2H3,(H,18,19)/p-1. The van der Waals surface area contributed by atoms with Crippen molar-refractivity contribution >= 4 is 17.0 Å². The van der Waals surface area contributed by atoms with Crippen molar-refractivity contribution in [1.82, 2.24) is 0 Å². The Morgan fingerprint density at radius 3 is 2.71 bits per heavy atom. The summed E-state index contributed by atoms with van der Waals surface area (Å²) >= 11 is -2.13. The van der Waals surface area contributed by atoms with Gasteiger partial charge >= 0.3 is 5.97 Å². The molecule has 0 saturated heterocycles. The van der Waals surface area contributed by atoms with Crippen LogP contribution >= 0.6 is 0 Å². The fraction of sp³-hybridized carbons (Fsp3) is 0.562. The van der Waals surface area contributed by atoms with E-state index in [1.807, 2.05) is 19.9 Å². The number of hydrogen-bond acceptors (Lipinski definition) is 4. The van der Waals surface area contributed by atoms with E-state index in [4.69, 9.17) is 4.74 Å². The molecule has 4 atom stereocenters. The maximum Gasteiger partial charge on any atom is 0.338 e. The van der Waals surface area contributed by atoms with Crippen molar-refractivity contribution in [2.45, 2.75) is 38.7 Å². The van der Waals surface area contributed by atoms with Crippen molar-refractivity contribution in [3.63, 3.8) is 0 Å². The second-order valence-corrected chi connectivity index (χ2v) is 6.96. The van der Waals surface area contributed by atoms with Crippen LogP contribution in [0.25, 0.3) is 0 Å². The van der Waals surface area contributed by atoms with E-state index in [9.17, 15) is 13.6 Å². The lowest BCUT2D eigenvalue weighted by atomic mass is 9.71. The highest BCUT2D eigenvalue weighted by molar-refractivity contribution is 7.79. The Kier molecular flexibility index (Phi) is 5.17. The summed E-state index contributed by atoms with van der Waals surface area (Å²) in [6.07, 6.45) is 2.62. The summed E-state index contributed by atoms with van der Waals surface area (Å²) in [5, 5.41) is 0. The first kappa shape index (κ1) is 16.2. The molecule has 0 aromatic heterocycles. The van der Waals surface area contributed by atoms with Gasteiger partial charge in [0.25, 0.3) is 0 Å². The number of benzene rings is 1. The van der Waals surface area contributed by atoms with E-state index >= 15 is 0 Å². The highest BCUT2D eigenvalue weighted by atomic mass is 32.2. The fourth-order valence-electron chi connectivity index (χ4n) is 3.22. The van der Waals surface area contributed by atoms with E-state index in [0.29, 0.717) is 12.0 Å². The van der Waals surface area contributed by atoms with Gasteiger partial charge in [0.1, 0.15) is 5.60 Å². The van der Waals surface area contributed by atoms with Crippen molar-refractivity contribution in [2.24, 2.45) is 11.8 Å². The molecule has 1 fully saturated rings. The average molecular weight is 309 g/mol. The summed E-state index contributed by atoms with van der Waals surface area (Å²) < 4.78 is 28.0. The van der Waals surface area contributed by atoms with Crippen molar-refractivity contribution in [3.05, 3.63) is 35.9 Å². The maximum atomic E-state index is 12.3. The minimum absolute atomic E-state index is 0.0414. The number of hydrogen-bond donors (Lipinski definition) is 0. The number of rotatable bonds is 4. The highest BCUT2D eigenvalue weighted by Gasteiger charge is 2.43. The van der Waals surface area contributed by atoms with Crippen LogP contribution in [-0.4, -0.2) is 26.1 Å². The van der Waals surface area contributed by atoms with Gasteiger partial charge in [-0.2, -0.15) is 0 Å². The first-order chi connectivity index (χ1) is 9.92. The second-order valence-electron chi connectivity index (χ2n) is 6.01. The summed E-state index contributed by atoms with van der Waals surface area (Å²) in [7, 11) is 0. The lowest BCUT2D eigenvalue weighted by Crippen LogP contribution is -2.48. The molecular weight excluding hydrogens is 288 g/mol. The Hall–Kier alpha value is -1.20. The minimum Gasteiger partial charge on any atom is -0.772 e. The lowest BCUT2D eigenvalue weighted by Gasteiger charge is -2.44. The van der Waals surface area contributed by atoms with Crippen LogP contribution in [0.15, 0.2) is 30.3 Å². The maximum absolute atomic E-state index is 12.3. The smallest absolute Gasteiger partial charge is 0.338 e. The zero-order valence-corrected chi connectivity index (χ0v) is 13.2. The molecule has 0 bridgehead atoms. The van der Waals surface area contributed by atoms with Gasteiger partial charge in [-0.15, -0.1) is 0 Å². The van der Waals surface area contributed by atoms with Gasteiger partial charge in [0.05, 0.1) is 5.56 Å². The molecule has 1 saturated carbocycles. The molecule has 0 spiro atoms. The third kappa shape index (κ3) is 3.92. The van der Waals surface area contributed by atoms with Crippen molar-refractivity contribution < 1.29 is 18.3 Å². The molecule has 0 heterocycles. The van der Waals surface area contributed by atoms with Crippen LogP contribution in [0.4, 0.5) is 0 Å². The van der Waals surface area contributed by atoms with Crippen molar-refractivity contribution in [3.8, 4) is 0 Å². The number of esters is 1. The lowest BCUT2D eigenvalue weighted by molar-refractivity contribution is -0.0691. The molecular formula is C16H21O4S-. The Balaban J connectivity index is 2.17. The van der Waals surface area contributed by atoms with Crippen LogP contribution < -0.4 is 0 Å². The van der Waals surface area contributed by atoms with Crippen LogP contribution in [0, 0.1) is 11.8 Å². The third-order valence-corrected chi connectivity index (χ3v) is 5.09. The van der Waals surface area contributed by atoms with E-state index in [2.05, 4.69) is 0 Å². The van der Waals surface area contributed by atoms with Crippen LogP contribution in [0.3, 0.4) is 0 Å². The number of ether oxygens (including phenoxy) is 1. The molecule has 0 amide bonds. The van der Waals surface area contributed by atoms with Gasteiger partial charge in [0, 0.05) is 11.7 Å². The molecule has 21 heavy (non-hydrogen) atoms. The summed E-state index contributed by atoms with van der Waals surface area (Å²) in [5.74, 6) is -0.268. The van der Waals surface area contributed by atoms with Gasteiger partial charge in [-0.25, -0.2) is 4.79 Å². The van der Waals surface area contributed by atoms with Gasteiger partial charge in [-0.1, -0.05) is 42.6 Å². The van der Waals surface area contributed by atoms with Crippen LogP contribution in [0.2, 0.25) is 0 Å². The Morgan fingerprint density at radius 1 is 1.43 bits per heavy atom. The molecule has 5 heteroatoms. The molecule has 1 aliphatic rings. The molecule has 1 aliphatic carbocycles. The van der Waals surface area contributed by atoms with Crippen molar-refractivity contribution in [2.75, 3.05) is 5.75 Å². The molecule has 2 rings (SSSR count). The molecule has 0 N–H and O–H groups in total. The molecule has 0 radical (unpaired) electrons. The minimum atomic E-state index is -2.13. The molecule has 116 valence electrons. The van der Waals surface area contributed by atoms with Crippen molar-refractivity contribution in [1.29, 1.82) is 0 Å². The Bertz CT molecular complexity index is 516. The van der Waals surface area contributed by atoms with Crippen LogP contribution in [0.1, 0.15) is 43.5 Å². The van der Waals surface area contributed by atoms with E-state index in [1.165, 1.54) is 0 Å². The fourth-order valence-corrected chi connectivity index (χ4v) is 4.20. The normalized spacial score (nSPS) is 30.6.